The lowest BCUT2D eigenvalue weighted by Crippen LogP contribution is -2.30. The first-order chi connectivity index (χ1) is 8.97. The van der Waals surface area contributed by atoms with Gasteiger partial charge in [0.1, 0.15) is 5.78 Å². The Kier molecular flexibility index (Phi) is 5.53. The molecule has 3 amide bonds. The van der Waals surface area contributed by atoms with E-state index in [1.165, 1.54) is 13.8 Å². The van der Waals surface area contributed by atoms with Crippen LogP contribution in [-0.4, -0.2) is 24.3 Å². The summed E-state index contributed by atoms with van der Waals surface area (Å²) in [4.78, 5) is 33.1. The van der Waals surface area contributed by atoms with E-state index in [4.69, 9.17) is 0 Å². The van der Waals surface area contributed by atoms with Crippen LogP contribution in [0.2, 0.25) is 0 Å². The highest BCUT2D eigenvalue weighted by atomic mass is 16.2. The molecule has 3 N–H and O–H groups in total. The smallest absolute Gasteiger partial charge is 0.319 e. The lowest BCUT2D eigenvalue weighted by molar-refractivity contribution is -0.117. The molecule has 6 heteroatoms. The van der Waals surface area contributed by atoms with Crippen LogP contribution in [-0.2, 0) is 9.59 Å². The molecular weight excluding hydrogens is 246 g/mol. The highest BCUT2D eigenvalue weighted by molar-refractivity contribution is 5.92. The highest BCUT2D eigenvalue weighted by Gasteiger charge is 2.03. The zero-order valence-electron chi connectivity index (χ0n) is 10.9. The van der Waals surface area contributed by atoms with Gasteiger partial charge < -0.3 is 16.0 Å². The largest absolute Gasteiger partial charge is 0.337 e. The van der Waals surface area contributed by atoms with Gasteiger partial charge in [-0.15, -0.1) is 0 Å². The first kappa shape index (κ1) is 14.7. The van der Waals surface area contributed by atoms with Crippen LogP contribution in [0.5, 0.6) is 0 Å². The predicted molar refractivity (Wildman–Crippen MR) is 73.1 cm³/mol. The predicted octanol–water partition coefficient (Wildman–Crippen LogP) is 1.75. The van der Waals surface area contributed by atoms with Gasteiger partial charge in [0.25, 0.3) is 0 Å². The number of hydrogen-bond acceptors (Lipinski definition) is 3. The fourth-order valence-corrected chi connectivity index (χ4v) is 1.41. The highest BCUT2D eigenvalue weighted by Crippen LogP contribution is 2.14. The number of rotatable bonds is 5. The molecule has 1 aromatic carbocycles. The summed E-state index contributed by atoms with van der Waals surface area (Å²) < 4.78 is 0. The van der Waals surface area contributed by atoms with Crippen molar-refractivity contribution in [2.75, 3.05) is 17.2 Å². The molecule has 0 aliphatic carbocycles. The van der Waals surface area contributed by atoms with E-state index in [1.807, 2.05) is 0 Å². The van der Waals surface area contributed by atoms with Crippen LogP contribution in [0.1, 0.15) is 20.3 Å². The van der Waals surface area contributed by atoms with Gasteiger partial charge in [0.15, 0.2) is 0 Å². The van der Waals surface area contributed by atoms with E-state index in [0.717, 1.165) is 0 Å². The van der Waals surface area contributed by atoms with Crippen molar-refractivity contribution in [3.05, 3.63) is 24.3 Å². The Bertz CT molecular complexity index is 486. The summed E-state index contributed by atoms with van der Waals surface area (Å²) in [6, 6.07) is 6.40. The molecule has 1 aromatic rings. The van der Waals surface area contributed by atoms with Crippen LogP contribution in [0.3, 0.4) is 0 Å². The van der Waals surface area contributed by atoms with Crippen LogP contribution >= 0.6 is 0 Å². The Balaban J connectivity index is 2.49. The molecule has 0 aromatic heterocycles. The molecule has 0 aliphatic heterocycles. The molecule has 6 nitrogen and oxygen atoms in total. The normalized spacial score (nSPS) is 9.58. The van der Waals surface area contributed by atoms with E-state index in [1.54, 1.807) is 24.3 Å². The minimum Gasteiger partial charge on any atom is -0.337 e. The van der Waals surface area contributed by atoms with Crippen molar-refractivity contribution >= 4 is 29.1 Å². The van der Waals surface area contributed by atoms with Gasteiger partial charge in [-0.2, -0.15) is 0 Å². The third-order valence-electron chi connectivity index (χ3n) is 2.20. The van der Waals surface area contributed by atoms with Crippen LogP contribution in [0.4, 0.5) is 16.2 Å². The van der Waals surface area contributed by atoms with E-state index < -0.39 is 0 Å². The number of anilines is 2. The van der Waals surface area contributed by atoms with E-state index in [-0.39, 0.29) is 17.7 Å². The van der Waals surface area contributed by atoms with Crippen LogP contribution in [0.25, 0.3) is 0 Å². The number of Topliss-reactive ketones (excluding diaryl/α,β-unsaturated/α-hetero) is 1. The Labute approximate surface area is 111 Å². The van der Waals surface area contributed by atoms with Crippen molar-refractivity contribution in [1.29, 1.82) is 0 Å². The number of hydrogen-bond donors (Lipinski definition) is 3. The van der Waals surface area contributed by atoms with Crippen LogP contribution < -0.4 is 16.0 Å². The molecule has 0 heterocycles. The van der Waals surface area contributed by atoms with Crippen molar-refractivity contribution < 1.29 is 14.4 Å². The molecule has 0 fully saturated rings. The van der Waals surface area contributed by atoms with Crippen molar-refractivity contribution in [2.45, 2.75) is 20.3 Å². The number of carbonyl (C=O) groups is 3. The maximum atomic E-state index is 11.5. The summed E-state index contributed by atoms with van der Waals surface area (Å²) in [7, 11) is 0. The second kappa shape index (κ2) is 7.15. The molecule has 0 atom stereocenters. The average molecular weight is 263 g/mol. The molecule has 0 unspecified atom stereocenters. The van der Waals surface area contributed by atoms with Gasteiger partial charge in [0, 0.05) is 31.3 Å². The van der Waals surface area contributed by atoms with Crippen molar-refractivity contribution in [3.63, 3.8) is 0 Å². The topological polar surface area (TPSA) is 87.3 Å². The van der Waals surface area contributed by atoms with E-state index >= 15 is 0 Å². The van der Waals surface area contributed by atoms with Crippen molar-refractivity contribution in [3.8, 4) is 0 Å². The van der Waals surface area contributed by atoms with Crippen molar-refractivity contribution in [2.24, 2.45) is 0 Å². The summed E-state index contributed by atoms with van der Waals surface area (Å²) in [5.41, 5.74) is 1.17. The lowest BCUT2D eigenvalue weighted by Gasteiger charge is -2.08. The number of carbonyl (C=O) groups excluding carboxylic acids is 3. The van der Waals surface area contributed by atoms with Gasteiger partial charge in [0.05, 0.1) is 0 Å². The number of nitrogens with one attached hydrogen (secondary N) is 3. The molecule has 0 spiro atoms. The average Bonchev–Trinajstić information content (AvgIpc) is 2.27. The van der Waals surface area contributed by atoms with Gasteiger partial charge in [0.2, 0.25) is 5.91 Å². The maximum Gasteiger partial charge on any atom is 0.319 e. The summed E-state index contributed by atoms with van der Waals surface area (Å²) in [5, 5.41) is 7.80. The Morgan fingerprint density at radius 1 is 1.05 bits per heavy atom. The zero-order chi connectivity index (χ0) is 14.3. The summed E-state index contributed by atoms with van der Waals surface area (Å²) in [6.07, 6.45) is 0.305. The fraction of sp³-hybridized carbons (Fsp3) is 0.308. The van der Waals surface area contributed by atoms with E-state index in [0.29, 0.717) is 24.3 Å². The lowest BCUT2D eigenvalue weighted by atomic mass is 10.2. The van der Waals surface area contributed by atoms with E-state index in [2.05, 4.69) is 16.0 Å². The first-order valence-electron chi connectivity index (χ1n) is 5.89. The first-order valence-corrected chi connectivity index (χ1v) is 5.89. The third-order valence-corrected chi connectivity index (χ3v) is 2.20. The molecular formula is C13H17N3O3. The van der Waals surface area contributed by atoms with Gasteiger partial charge >= 0.3 is 6.03 Å². The fourth-order valence-electron chi connectivity index (χ4n) is 1.41. The molecule has 0 bridgehead atoms. The number of urea groups is 1. The molecule has 0 saturated heterocycles. The second-order valence-corrected chi connectivity index (χ2v) is 4.09. The monoisotopic (exact) mass is 263 g/mol. The van der Waals surface area contributed by atoms with Gasteiger partial charge in [-0.25, -0.2) is 4.79 Å². The quantitative estimate of drug-likeness (QED) is 0.756. The van der Waals surface area contributed by atoms with Crippen LogP contribution in [0.15, 0.2) is 24.3 Å². The van der Waals surface area contributed by atoms with Gasteiger partial charge in [-0.1, -0.05) is 6.07 Å². The number of benzene rings is 1. The minimum atomic E-state index is -0.388. The van der Waals surface area contributed by atoms with E-state index in [9.17, 15) is 14.4 Å². The van der Waals surface area contributed by atoms with Crippen LogP contribution in [0, 0.1) is 0 Å². The SMILES string of the molecule is CC(=O)CCNC(=O)Nc1cccc(NC(C)=O)c1. The molecule has 19 heavy (non-hydrogen) atoms. The Morgan fingerprint density at radius 2 is 1.68 bits per heavy atom. The molecule has 0 saturated carbocycles. The molecule has 0 aliphatic rings. The van der Waals surface area contributed by atoms with Gasteiger partial charge in [-0.05, 0) is 25.1 Å². The van der Waals surface area contributed by atoms with Crippen molar-refractivity contribution in [1.82, 2.24) is 5.32 Å². The molecule has 0 radical (unpaired) electrons. The molecule has 1 rings (SSSR count). The Morgan fingerprint density at radius 3 is 2.26 bits per heavy atom. The minimum absolute atomic E-state index is 0.0213. The maximum absolute atomic E-state index is 11.5. The summed E-state index contributed by atoms with van der Waals surface area (Å²) >= 11 is 0. The van der Waals surface area contributed by atoms with Gasteiger partial charge in [-0.3, -0.25) is 9.59 Å². The molecule has 102 valence electrons. The number of amides is 3. The second-order valence-electron chi connectivity index (χ2n) is 4.09. The number of ketones is 1. The Hall–Kier alpha value is -2.37. The zero-order valence-corrected chi connectivity index (χ0v) is 10.9. The third kappa shape index (κ3) is 6.21. The summed E-state index contributed by atoms with van der Waals surface area (Å²) in [6.45, 7) is 3.18. The summed E-state index contributed by atoms with van der Waals surface area (Å²) in [5.74, 6) is -0.156. The standard InChI is InChI=1S/C13H17N3O3/c1-9(17)6-7-14-13(19)16-12-5-3-4-11(8-12)15-10(2)18/h3-5,8H,6-7H2,1-2H3,(H,15,18)(H2,14,16,19).